The van der Waals surface area contributed by atoms with Gasteiger partial charge in [-0.25, -0.2) is 4.79 Å². The van der Waals surface area contributed by atoms with E-state index in [1.54, 1.807) is 7.11 Å². The number of methoxy groups -OCH3 is 2. The maximum Gasteiger partial charge on any atom is 0.338 e. The third-order valence-corrected chi connectivity index (χ3v) is 2.20. The highest BCUT2D eigenvalue weighted by atomic mass is 16.5. The van der Waals surface area contributed by atoms with Crippen LogP contribution in [0, 0.1) is 0 Å². The fourth-order valence-corrected chi connectivity index (χ4v) is 0.971. The highest BCUT2D eigenvalue weighted by molar-refractivity contribution is 5.78. The van der Waals surface area contributed by atoms with Crippen LogP contribution in [-0.2, 0) is 14.3 Å². The van der Waals surface area contributed by atoms with Gasteiger partial charge in [0, 0.05) is 20.2 Å². The average Bonchev–Trinajstić information content (AvgIpc) is 2.16. The van der Waals surface area contributed by atoms with Gasteiger partial charge in [0.05, 0.1) is 12.7 Å². The molecule has 0 saturated carbocycles. The summed E-state index contributed by atoms with van der Waals surface area (Å²) in [6.45, 7) is 5.90. The lowest BCUT2D eigenvalue weighted by Gasteiger charge is -2.26. The van der Waals surface area contributed by atoms with Crippen LogP contribution in [0.3, 0.4) is 0 Å². The zero-order chi connectivity index (χ0) is 12.1. The Morgan fingerprint density at radius 2 is 1.80 bits per heavy atom. The third-order valence-electron chi connectivity index (χ3n) is 2.20. The topological polar surface area (TPSA) is 67.8 Å². The standard InChI is InChI=1S/C10H21NO4/c1-9(2,15-5)6-11-7-10(3,13)8(12)14-4/h11,13H,6-7H2,1-5H3. The molecule has 0 aliphatic carbocycles. The first-order valence-corrected chi connectivity index (χ1v) is 4.82. The van der Waals surface area contributed by atoms with Crippen LogP contribution in [0.4, 0.5) is 0 Å². The Bertz CT molecular complexity index is 213. The summed E-state index contributed by atoms with van der Waals surface area (Å²) in [5.41, 5.74) is -1.83. The van der Waals surface area contributed by atoms with Crippen LogP contribution in [0.1, 0.15) is 20.8 Å². The maximum atomic E-state index is 11.1. The number of carbonyl (C=O) groups is 1. The van der Waals surface area contributed by atoms with Crippen molar-refractivity contribution in [3.8, 4) is 0 Å². The van der Waals surface area contributed by atoms with Gasteiger partial charge in [-0.2, -0.15) is 0 Å². The normalized spacial score (nSPS) is 15.9. The Labute approximate surface area is 90.8 Å². The summed E-state index contributed by atoms with van der Waals surface area (Å²) >= 11 is 0. The zero-order valence-electron chi connectivity index (χ0n) is 10.1. The lowest BCUT2D eigenvalue weighted by molar-refractivity contribution is -0.160. The first kappa shape index (κ1) is 14.3. The number of aliphatic hydroxyl groups is 1. The molecule has 0 heterocycles. The Balaban J connectivity index is 4.00. The van der Waals surface area contributed by atoms with E-state index >= 15 is 0 Å². The molecule has 0 radical (unpaired) electrons. The van der Waals surface area contributed by atoms with E-state index in [-0.39, 0.29) is 12.1 Å². The fraction of sp³-hybridized carbons (Fsp3) is 0.900. The van der Waals surface area contributed by atoms with E-state index in [0.29, 0.717) is 6.54 Å². The molecule has 0 aromatic heterocycles. The molecule has 0 aliphatic heterocycles. The number of carbonyl (C=O) groups excluding carboxylic acids is 1. The average molecular weight is 219 g/mol. The van der Waals surface area contributed by atoms with Gasteiger partial charge >= 0.3 is 5.97 Å². The molecule has 0 bridgehead atoms. The minimum Gasteiger partial charge on any atom is -0.467 e. The molecule has 15 heavy (non-hydrogen) atoms. The van der Waals surface area contributed by atoms with Gasteiger partial charge in [-0.05, 0) is 20.8 Å². The van der Waals surface area contributed by atoms with Crippen molar-refractivity contribution in [2.24, 2.45) is 0 Å². The van der Waals surface area contributed by atoms with Crippen molar-refractivity contribution >= 4 is 5.97 Å². The Kier molecular flexibility index (Phi) is 5.20. The van der Waals surface area contributed by atoms with Crippen molar-refractivity contribution in [2.75, 3.05) is 27.3 Å². The monoisotopic (exact) mass is 219 g/mol. The van der Waals surface area contributed by atoms with E-state index in [1.807, 2.05) is 13.8 Å². The van der Waals surface area contributed by atoms with Crippen LogP contribution >= 0.6 is 0 Å². The largest absolute Gasteiger partial charge is 0.467 e. The number of nitrogens with one attached hydrogen (secondary N) is 1. The van der Waals surface area contributed by atoms with Gasteiger partial charge in [-0.1, -0.05) is 0 Å². The third kappa shape index (κ3) is 5.11. The molecule has 0 saturated heterocycles. The molecule has 0 fully saturated rings. The quantitative estimate of drug-likeness (QED) is 0.612. The second-order valence-corrected chi connectivity index (χ2v) is 4.33. The summed E-state index contributed by atoms with van der Waals surface area (Å²) in [5, 5.41) is 12.6. The zero-order valence-corrected chi connectivity index (χ0v) is 10.1. The molecule has 0 rings (SSSR count). The summed E-state index contributed by atoms with van der Waals surface area (Å²) in [4.78, 5) is 11.1. The van der Waals surface area contributed by atoms with Crippen LogP contribution in [0.15, 0.2) is 0 Å². The van der Waals surface area contributed by atoms with Crippen LogP contribution < -0.4 is 5.32 Å². The molecular formula is C10H21NO4. The van der Waals surface area contributed by atoms with Crippen molar-refractivity contribution in [1.29, 1.82) is 0 Å². The van der Waals surface area contributed by atoms with Crippen LogP contribution in [0.2, 0.25) is 0 Å². The minimum absolute atomic E-state index is 0.131. The smallest absolute Gasteiger partial charge is 0.338 e. The molecule has 0 amide bonds. The number of hydrogen-bond acceptors (Lipinski definition) is 5. The van der Waals surface area contributed by atoms with E-state index in [9.17, 15) is 9.90 Å². The highest BCUT2D eigenvalue weighted by Gasteiger charge is 2.31. The van der Waals surface area contributed by atoms with Gasteiger partial charge < -0.3 is 19.9 Å². The predicted octanol–water partition coefficient (Wildman–Crippen LogP) is -0.0750. The summed E-state index contributed by atoms with van der Waals surface area (Å²) < 4.78 is 9.64. The molecule has 90 valence electrons. The SMILES string of the molecule is COC(=O)C(C)(O)CNCC(C)(C)OC. The lowest BCUT2D eigenvalue weighted by Crippen LogP contribution is -2.49. The molecule has 0 aromatic carbocycles. The van der Waals surface area contributed by atoms with Crippen molar-refractivity contribution < 1.29 is 19.4 Å². The lowest BCUT2D eigenvalue weighted by atomic mass is 10.1. The molecule has 2 N–H and O–H groups in total. The summed E-state index contributed by atoms with van der Waals surface area (Å²) in [7, 11) is 2.86. The van der Waals surface area contributed by atoms with Crippen molar-refractivity contribution in [3.63, 3.8) is 0 Å². The molecule has 1 atom stereocenters. The second-order valence-electron chi connectivity index (χ2n) is 4.33. The van der Waals surface area contributed by atoms with Crippen molar-refractivity contribution in [1.82, 2.24) is 5.32 Å². The van der Waals surface area contributed by atoms with Gasteiger partial charge in [0.25, 0.3) is 0 Å². The first-order valence-electron chi connectivity index (χ1n) is 4.82. The van der Waals surface area contributed by atoms with E-state index in [1.165, 1.54) is 14.0 Å². The fourth-order valence-electron chi connectivity index (χ4n) is 0.971. The molecule has 0 spiro atoms. The van der Waals surface area contributed by atoms with Crippen molar-refractivity contribution in [3.05, 3.63) is 0 Å². The summed E-state index contributed by atoms with van der Waals surface area (Å²) in [6.07, 6.45) is 0. The van der Waals surface area contributed by atoms with Crippen LogP contribution in [0.5, 0.6) is 0 Å². The van der Waals surface area contributed by atoms with Gasteiger partial charge in [0.15, 0.2) is 5.60 Å². The molecular weight excluding hydrogens is 198 g/mol. The number of esters is 1. The summed E-state index contributed by atoms with van der Waals surface area (Å²) in [5.74, 6) is -0.648. The van der Waals surface area contributed by atoms with E-state index in [0.717, 1.165) is 0 Å². The number of hydrogen-bond donors (Lipinski definition) is 2. The summed E-state index contributed by atoms with van der Waals surface area (Å²) in [6, 6.07) is 0. The molecule has 1 unspecified atom stereocenters. The molecule has 5 heteroatoms. The first-order chi connectivity index (χ1) is 6.75. The number of rotatable bonds is 6. The van der Waals surface area contributed by atoms with E-state index < -0.39 is 11.6 Å². The van der Waals surface area contributed by atoms with Gasteiger partial charge in [0.2, 0.25) is 0 Å². The molecule has 0 aromatic rings. The van der Waals surface area contributed by atoms with Crippen molar-refractivity contribution in [2.45, 2.75) is 32.0 Å². The van der Waals surface area contributed by atoms with Gasteiger partial charge in [-0.15, -0.1) is 0 Å². The highest BCUT2D eigenvalue weighted by Crippen LogP contribution is 2.07. The molecule has 5 nitrogen and oxygen atoms in total. The van der Waals surface area contributed by atoms with E-state index in [4.69, 9.17) is 4.74 Å². The van der Waals surface area contributed by atoms with Gasteiger partial charge in [0.1, 0.15) is 0 Å². The minimum atomic E-state index is -1.50. The number of ether oxygens (including phenoxy) is 2. The van der Waals surface area contributed by atoms with E-state index in [2.05, 4.69) is 10.1 Å². The van der Waals surface area contributed by atoms with Crippen LogP contribution in [0.25, 0.3) is 0 Å². The Hall–Kier alpha value is -0.650. The maximum absolute atomic E-state index is 11.1. The Morgan fingerprint density at radius 1 is 1.27 bits per heavy atom. The van der Waals surface area contributed by atoms with Crippen LogP contribution in [-0.4, -0.2) is 49.6 Å². The van der Waals surface area contributed by atoms with Gasteiger partial charge in [-0.3, -0.25) is 0 Å². The second kappa shape index (κ2) is 5.44. The Morgan fingerprint density at radius 3 is 2.20 bits per heavy atom. The molecule has 0 aliphatic rings. The predicted molar refractivity (Wildman–Crippen MR) is 56.6 cm³/mol.